The van der Waals surface area contributed by atoms with Crippen LogP contribution in [0.2, 0.25) is 0 Å². The van der Waals surface area contributed by atoms with E-state index in [0.29, 0.717) is 17.5 Å². The number of amides is 3. The largest absolute Gasteiger partial charge is 0.322 e. The average Bonchev–Trinajstić information content (AvgIpc) is 3.30. The van der Waals surface area contributed by atoms with Crippen LogP contribution in [0, 0.1) is 6.92 Å². The summed E-state index contributed by atoms with van der Waals surface area (Å²) in [6.45, 7) is 2.16. The van der Waals surface area contributed by atoms with Crippen LogP contribution in [0.3, 0.4) is 0 Å². The molecule has 3 aromatic rings. The molecule has 0 bridgehead atoms. The third kappa shape index (κ3) is 4.03. The summed E-state index contributed by atoms with van der Waals surface area (Å²) < 4.78 is 29.0. The highest BCUT2D eigenvalue weighted by atomic mass is 32.2. The highest BCUT2D eigenvalue weighted by Crippen LogP contribution is 2.29. The molecule has 0 saturated carbocycles. The number of piperidine rings is 1. The van der Waals surface area contributed by atoms with Gasteiger partial charge >= 0.3 is 0 Å². The van der Waals surface area contributed by atoms with E-state index in [0.717, 1.165) is 20.8 Å². The number of benzene rings is 2. The van der Waals surface area contributed by atoms with Gasteiger partial charge in [-0.05, 0) is 48.7 Å². The van der Waals surface area contributed by atoms with Gasteiger partial charge in [0.25, 0.3) is 5.91 Å². The molecule has 33 heavy (non-hydrogen) atoms. The highest BCUT2D eigenvalue weighted by molar-refractivity contribution is 7.89. The lowest BCUT2D eigenvalue weighted by molar-refractivity contribution is -0.136. The predicted octanol–water partition coefficient (Wildman–Crippen LogP) is 1.84. The second-order valence-corrected chi connectivity index (χ2v) is 11.1. The molecule has 0 radical (unpaired) electrons. The summed E-state index contributed by atoms with van der Waals surface area (Å²) in [7, 11) is -3.76. The van der Waals surface area contributed by atoms with Gasteiger partial charge in [0.1, 0.15) is 6.04 Å². The summed E-state index contributed by atoms with van der Waals surface area (Å²) in [6.07, 6.45) is 0.483. The molecule has 9 nitrogen and oxygen atoms in total. The summed E-state index contributed by atoms with van der Waals surface area (Å²) >= 11 is 1.43. The van der Waals surface area contributed by atoms with Crippen molar-refractivity contribution in [3.05, 3.63) is 58.1 Å². The number of carbonyl (C=O) groups excluding carboxylic acids is 3. The van der Waals surface area contributed by atoms with Crippen LogP contribution in [0.15, 0.2) is 41.3 Å². The molecule has 2 aliphatic rings. The molecule has 1 fully saturated rings. The Labute approximate surface area is 193 Å². The van der Waals surface area contributed by atoms with Gasteiger partial charge in [-0.25, -0.2) is 18.1 Å². The first-order chi connectivity index (χ1) is 15.7. The molecule has 0 spiro atoms. The Morgan fingerprint density at radius 3 is 2.79 bits per heavy atom. The molecular formula is C22H20N4O5S2. The SMILES string of the molecule is Cc1nc2ccc(S(=O)(=O)NCc3ccc4c(c3)C(=O)N(C3CCC(=O)NC3=O)C4)cc2s1. The van der Waals surface area contributed by atoms with Crippen LogP contribution in [0.1, 0.15) is 39.3 Å². The second kappa shape index (κ2) is 8.01. The molecule has 3 heterocycles. The van der Waals surface area contributed by atoms with Gasteiger partial charge in [0.05, 0.1) is 20.1 Å². The van der Waals surface area contributed by atoms with E-state index in [2.05, 4.69) is 15.0 Å². The smallest absolute Gasteiger partial charge is 0.255 e. The summed E-state index contributed by atoms with van der Waals surface area (Å²) in [6, 6.07) is 9.32. The van der Waals surface area contributed by atoms with E-state index in [9.17, 15) is 22.8 Å². The fourth-order valence-corrected chi connectivity index (χ4v) is 6.15. The van der Waals surface area contributed by atoms with Gasteiger partial charge < -0.3 is 4.90 Å². The Kier molecular flexibility index (Phi) is 5.26. The second-order valence-electron chi connectivity index (χ2n) is 8.08. The number of hydrogen-bond donors (Lipinski definition) is 2. The number of nitrogens with zero attached hydrogens (tertiary/aromatic N) is 2. The standard InChI is InChI=1S/C22H20N4O5S2/c1-12-24-17-5-4-15(9-19(17)32-12)33(30,31)23-10-13-2-3-14-11-26(22(29)16(14)8-13)18-6-7-20(27)25-21(18)28/h2-5,8-9,18,23H,6-7,10-11H2,1H3,(H,25,27,28). The molecule has 1 atom stereocenters. The zero-order valence-corrected chi connectivity index (χ0v) is 19.3. The van der Waals surface area contributed by atoms with Crippen molar-refractivity contribution in [2.45, 2.75) is 43.8 Å². The van der Waals surface area contributed by atoms with Crippen LogP contribution in [0.4, 0.5) is 0 Å². The monoisotopic (exact) mass is 484 g/mol. The molecule has 1 aromatic heterocycles. The Morgan fingerprint density at radius 1 is 1.18 bits per heavy atom. The first-order valence-electron chi connectivity index (χ1n) is 10.3. The first-order valence-corrected chi connectivity index (χ1v) is 12.6. The van der Waals surface area contributed by atoms with E-state index in [1.807, 2.05) is 6.92 Å². The number of rotatable bonds is 5. The van der Waals surface area contributed by atoms with E-state index in [1.165, 1.54) is 22.3 Å². The number of aryl methyl sites for hydroxylation is 1. The molecular weight excluding hydrogens is 464 g/mol. The van der Waals surface area contributed by atoms with Gasteiger partial charge in [-0.15, -0.1) is 11.3 Å². The minimum absolute atomic E-state index is 0.0149. The lowest BCUT2D eigenvalue weighted by atomic mass is 10.0. The minimum Gasteiger partial charge on any atom is -0.322 e. The first kappa shape index (κ1) is 21.7. The molecule has 0 aliphatic carbocycles. The van der Waals surface area contributed by atoms with Crippen molar-refractivity contribution < 1.29 is 22.8 Å². The van der Waals surface area contributed by atoms with Crippen molar-refractivity contribution in [2.75, 3.05) is 0 Å². The van der Waals surface area contributed by atoms with E-state index >= 15 is 0 Å². The molecule has 11 heteroatoms. The van der Waals surface area contributed by atoms with Gasteiger partial charge in [0.2, 0.25) is 21.8 Å². The zero-order valence-electron chi connectivity index (χ0n) is 17.6. The van der Waals surface area contributed by atoms with E-state index in [-0.39, 0.29) is 36.2 Å². The Hall–Kier alpha value is -3.15. The van der Waals surface area contributed by atoms with Gasteiger partial charge in [-0.2, -0.15) is 0 Å². The van der Waals surface area contributed by atoms with Crippen molar-refractivity contribution in [3.8, 4) is 0 Å². The van der Waals surface area contributed by atoms with Crippen molar-refractivity contribution in [1.29, 1.82) is 0 Å². The molecule has 170 valence electrons. The number of imide groups is 1. The predicted molar refractivity (Wildman–Crippen MR) is 121 cm³/mol. The lowest BCUT2D eigenvalue weighted by Crippen LogP contribution is -2.52. The van der Waals surface area contributed by atoms with E-state index in [4.69, 9.17) is 0 Å². The summed E-state index contributed by atoms with van der Waals surface area (Å²) in [5.74, 6) is -1.09. The highest BCUT2D eigenvalue weighted by Gasteiger charge is 2.39. The van der Waals surface area contributed by atoms with Crippen LogP contribution in [-0.2, 0) is 32.7 Å². The van der Waals surface area contributed by atoms with E-state index < -0.39 is 22.0 Å². The summed E-state index contributed by atoms with van der Waals surface area (Å²) in [5, 5.41) is 3.14. The van der Waals surface area contributed by atoms with Gasteiger partial charge in [0.15, 0.2) is 0 Å². The molecule has 2 aromatic carbocycles. The molecule has 1 saturated heterocycles. The Morgan fingerprint density at radius 2 is 2.00 bits per heavy atom. The molecule has 1 unspecified atom stereocenters. The fraction of sp³-hybridized carbons (Fsp3) is 0.273. The minimum atomic E-state index is -3.76. The number of aromatic nitrogens is 1. The number of nitrogens with one attached hydrogen (secondary N) is 2. The maximum atomic E-state index is 12.9. The van der Waals surface area contributed by atoms with E-state index in [1.54, 1.807) is 30.3 Å². The van der Waals surface area contributed by atoms with Crippen LogP contribution >= 0.6 is 11.3 Å². The van der Waals surface area contributed by atoms with Crippen LogP contribution in [-0.4, -0.2) is 42.1 Å². The molecule has 3 amide bonds. The lowest BCUT2D eigenvalue weighted by Gasteiger charge is -2.29. The third-order valence-corrected chi connectivity index (χ3v) is 8.17. The average molecular weight is 485 g/mol. The van der Waals surface area contributed by atoms with Crippen molar-refractivity contribution in [3.63, 3.8) is 0 Å². The number of carbonyl (C=O) groups is 3. The number of thiazole rings is 1. The van der Waals surface area contributed by atoms with Crippen LogP contribution < -0.4 is 10.0 Å². The summed E-state index contributed by atoms with van der Waals surface area (Å²) in [4.78, 5) is 42.5. The number of sulfonamides is 1. The number of fused-ring (bicyclic) bond motifs is 2. The van der Waals surface area contributed by atoms with Crippen molar-refractivity contribution in [1.82, 2.24) is 19.9 Å². The molecule has 5 rings (SSSR count). The van der Waals surface area contributed by atoms with Gasteiger partial charge in [-0.3, -0.25) is 19.7 Å². The van der Waals surface area contributed by atoms with Crippen LogP contribution in [0.5, 0.6) is 0 Å². The zero-order chi connectivity index (χ0) is 23.3. The molecule has 2 aliphatic heterocycles. The Balaban J connectivity index is 1.31. The van der Waals surface area contributed by atoms with Crippen molar-refractivity contribution >= 4 is 49.3 Å². The maximum absolute atomic E-state index is 12.9. The topological polar surface area (TPSA) is 126 Å². The van der Waals surface area contributed by atoms with Crippen molar-refractivity contribution in [2.24, 2.45) is 0 Å². The summed E-state index contributed by atoms with van der Waals surface area (Å²) in [5.41, 5.74) is 2.60. The maximum Gasteiger partial charge on any atom is 0.255 e. The Bertz CT molecular complexity index is 1430. The van der Waals surface area contributed by atoms with Crippen LogP contribution in [0.25, 0.3) is 10.2 Å². The molecule has 2 N–H and O–H groups in total. The normalized spacial score (nSPS) is 18.6. The van der Waals surface area contributed by atoms with Gasteiger partial charge in [0, 0.05) is 25.1 Å². The fourth-order valence-electron chi connectivity index (χ4n) is 4.16. The third-order valence-electron chi connectivity index (χ3n) is 5.84. The quantitative estimate of drug-likeness (QED) is 0.533. The van der Waals surface area contributed by atoms with Gasteiger partial charge in [-0.1, -0.05) is 12.1 Å². The number of hydrogen-bond acceptors (Lipinski definition) is 7.